The summed E-state index contributed by atoms with van der Waals surface area (Å²) in [4.78, 5) is 2.46. The Labute approximate surface area is 169 Å². The molecule has 0 N–H and O–H groups in total. The monoisotopic (exact) mass is 372 g/mol. The van der Waals surface area contributed by atoms with E-state index in [1.54, 1.807) is 0 Å². The van der Waals surface area contributed by atoms with Gasteiger partial charge in [-0.15, -0.1) is 0 Å². The molecular weight excluding hydrogens is 341 g/mol. The topological polar surface area (TPSA) is 12.0 Å². The van der Waals surface area contributed by atoms with Gasteiger partial charge in [-0.1, -0.05) is 58.0 Å². The first kappa shape index (κ1) is 18.9. The van der Waals surface area contributed by atoms with Crippen LogP contribution in [0.1, 0.15) is 56.2 Å². The van der Waals surface area contributed by atoms with Gasteiger partial charge in [-0.3, -0.25) is 4.48 Å². The van der Waals surface area contributed by atoms with Gasteiger partial charge in [0, 0.05) is 11.2 Å². The van der Waals surface area contributed by atoms with Gasteiger partial charge in [-0.25, -0.2) is 4.57 Å². The summed E-state index contributed by atoms with van der Waals surface area (Å²) >= 11 is 0. The molecule has 0 atom stereocenters. The van der Waals surface area contributed by atoms with E-state index >= 15 is 0 Å². The summed E-state index contributed by atoms with van der Waals surface area (Å²) in [6.07, 6.45) is 4.43. The molecule has 2 aromatic carbocycles. The van der Waals surface area contributed by atoms with Gasteiger partial charge in [-0.05, 0) is 48.6 Å². The highest BCUT2D eigenvalue weighted by Crippen LogP contribution is 2.35. The predicted molar refractivity (Wildman–Crippen MR) is 120 cm³/mol. The van der Waals surface area contributed by atoms with E-state index in [9.17, 15) is 0 Å². The van der Waals surface area contributed by atoms with Crippen LogP contribution < -0.4 is 14.8 Å². The van der Waals surface area contributed by atoms with Crippen molar-refractivity contribution in [3.8, 4) is 11.4 Å². The Balaban J connectivity index is 2.06. The van der Waals surface area contributed by atoms with E-state index in [1.807, 2.05) is 0 Å². The van der Waals surface area contributed by atoms with E-state index < -0.39 is 0 Å². The molecule has 1 aliphatic heterocycles. The molecule has 28 heavy (non-hydrogen) atoms. The van der Waals surface area contributed by atoms with Crippen molar-refractivity contribution in [2.75, 3.05) is 11.9 Å². The fourth-order valence-electron chi connectivity index (χ4n) is 4.79. The lowest BCUT2D eigenvalue weighted by Gasteiger charge is -2.34. The predicted octanol–water partition coefficient (Wildman–Crippen LogP) is 4.23. The molecule has 0 saturated heterocycles. The van der Waals surface area contributed by atoms with Crippen LogP contribution in [0.2, 0.25) is 0 Å². The van der Waals surface area contributed by atoms with Gasteiger partial charge < -0.3 is 4.81 Å². The van der Waals surface area contributed by atoms with Gasteiger partial charge in [0.1, 0.15) is 12.4 Å². The molecule has 0 amide bonds. The van der Waals surface area contributed by atoms with Crippen LogP contribution in [0.15, 0.2) is 48.8 Å². The molecule has 3 nitrogen and oxygen atoms in total. The molecule has 0 radical (unpaired) electrons. The van der Waals surface area contributed by atoms with E-state index in [0.717, 1.165) is 0 Å². The second kappa shape index (κ2) is 6.84. The highest BCUT2D eigenvalue weighted by molar-refractivity contribution is 6.70. The number of imidazole rings is 1. The van der Waals surface area contributed by atoms with Crippen LogP contribution in [0, 0.1) is 6.92 Å². The number of fused-ring (bicyclic) bond motifs is 3. The fraction of sp³-hybridized carbons (Fsp3) is 0.375. The van der Waals surface area contributed by atoms with Crippen molar-refractivity contribution in [3.63, 3.8) is 0 Å². The molecule has 0 aliphatic carbocycles. The van der Waals surface area contributed by atoms with Crippen LogP contribution in [-0.4, -0.2) is 18.6 Å². The van der Waals surface area contributed by atoms with Crippen molar-refractivity contribution in [1.82, 2.24) is 4.57 Å². The molecule has 1 aliphatic rings. The molecule has 0 fully saturated rings. The third kappa shape index (κ3) is 2.69. The summed E-state index contributed by atoms with van der Waals surface area (Å²) in [7, 11) is 4.40. The number of hydrogen-bond acceptors (Lipinski definition) is 1. The second-order valence-electron chi connectivity index (χ2n) is 8.75. The van der Waals surface area contributed by atoms with Gasteiger partial charge in [0.05, 0.1) is 12.6 Å². The SMILES string of the molecule is Cc1cccc2c1-c1n(C)cc[n+]1B(c1c(C(C)C)cccc1C(C)C)N2C. The van der Waals surface area contributed by atoms with Crippen LogP contribution in [0.5, 0.6) is 0 Å². The smallest absolute Gasteiger partial charge is 0.372 e. The molecule has 4 rings (SSSR count). The zero-order valence-corrected chi connectivity index (χ0v) is 18.2. The Morgan fingerprint density at radius 2 is 1.50 bits per heavy atom. The van der Waals surface area contributed by atoms with Gasteiger partial charge >= 0.3 is 6.98 Å². The maximum atomic E-state index is 2.46. The van der Waals surface area contributed by atoms with Crippen molar-refractivity contribution < 1.29 is 4.48 Å². The third-order valence-electron chi connectivity index (χ3n) is 6.19. The highest BCUT2D eigenvalue weighted by Gasteiger charge is 2.45. The zero-order valence-electron chi connectivity index (χ0n) is 18.2. The molecule has 0 unspecified atom stereocenters. The van der Waals surface area contributed by atoms with Crippen LogP contribution in [-0.2, 0) is 7.05 Å². The molecule has 3 aromatic rings. The van der Waals surface area contributed by atoms with Gasteiger partial charge in [-0.2, -0.15) is 0 Å². The van der Waals surface area contributed by atoms with E-state index in [2.05, 4.69) is 111 Å². The normalized spacial score (nSPS) is 13.3. The van der Waals surface area contributed by atoms with Crippen LogP contribution in [0.4, 0.5) is 5.69 Å². The largest absolute Gasteiger partial charge is 0.537 e. The lowest BCUT2D eigenvalue weighted by Crippen LogP contribution is -2.71. The minimum Gasteiger partial charge on any atom is -0.372 e. The number of aromatic nitrogens is 2. The summed E-state index contributed by atoms with van der Waals surface area (Å²) in [6, 6.07) is 13.5. The van der Waals surface area contributed by atoms with E-state index in [0.29, 0.717) is 11.8 Å². The average Bonchev–Trinajstić information content (AvgIpc) is 3.03. The second-order valence-corrected chi connectivity index (χ2v) is 8.75. The fourth-order valence-corrected chi connectivity index (χ4v) is 4.79. The molecule has 1 aromatic heterocycles. The van der Waals surface area contributed by atoms with E-state index in [1.165, 1.54) is 39.2 Å². The minimum atomic E-state index is 0.154. The lowest BCUT2D eigenvalue weighted by atomic mass is 9.58. The van der Waals surface area contributed by atoms with E-state index in [4.69, 9.17) is 0 Å². The average molecular weight is 372 g/mol. The maximum Gasteiger partial charge on any atom is 0.537 e. The summed E-state index contributed by atoms with van der Waals surface area (Å²) in [5.74, 6) is 2.24. The van der Waals surface area contributed by atoms with Crippen molar-refractivity contribution >= 4 is 18.1 Å². The Hall–Kier alpha value is -2.49. The van der Waals surface area contributed by atoms with Crippen LogP contribution in [0.3, 0.4) is 0 Å². The Kier molecular flexibility index (Phi) is 4.61. The molecule has 0 spiro atoms. The van der Waals surface area contributed by atoms with Gasteiger partial charge in [0.2, 0.25) is 0 Å². The summed E-state index contributed by atoms with van der Waals surface area (Å²) < 4.78 is 4.72. The Morgan fingerprint density at radius 1 is 0.893 bits per heavy atom. The first-order valence-corrected chi connectivity index (χ1v) is 10.3. The summed E-state index contributed by atoms with van der Waals surface area (Å²) in [6.45, 7) is 11.6. The molecule has 2 heterocycles. The first-order chi connectivity index (χ1) is 13.3. The Bertz CT molecular complexity index is 1010. The number of hydrogen-bond donors (Lipinski definition) is 0. The number of benzene rings is 2. The summed E-state index contributed by atoms with van der Waals surface area (Å²) in [5.41, 5.74) is 8.31. The van der Waals surface area contributed by atoms with Crippen LogP contribution in [0.25, 0.3) is 11.4 Å². The van der Waals surface area contributed by atoms with Crippen molar-refractivity contribution in [1.29, 1.82) is 0 Å². The van der Waals surface area contributed by atoms with Crippen molar-refractivity contribution in [2.24, 2.45) is 7.05 Å². The molecule has 4 heteroatoms. The molecule has 0 saturated carbocycles. The standard InChI is InChI=1S/C24H31BN3/c1-16(2)19-11-9-12-20(17(3)4)23(19)25-27(7)21-13-8-10-18(5)22(21)24-26(6)14-15-28(24)25/h8-17H,1-7H3/q+1. The maximum absolute atomic E-state index is 2.46. The number of rotatable bonds is 3. The zero-order chi connectivity index (χ0) is 20.2. The minimum absolute atomic E-state index is 0.154. The van der Waals surface area contributed by atoms with Crippen molar-refractivity contribution in [2.45, 2.75) is 46.5 Å². The van der Waals surface area contributed by atoms with Crippen LogP contribution >= 0.6 is 0 Å². The third-order valence-corrected chi connectivity index (χ3v) is 6.19. The first-order valence-electron chi connectivity index (χ1n) is 10.3. The molecular formula is C24H31BN3+. The number of anilines is 1. The van der Waals surface area contributed by atoms with Gasteiger partial charge in [0.25, 0.3) is 5.82 Å². The molecule has 0 bridgehead atoms. The highest BCUT2D eigenvalue weighted by atomic mass is 15.2. The van der Waals surface area contributed by atoms with E-state index in [-0.39, 0.29) is 6.98 Å². The van der Waals surface area contributed by atoms with Crippen molar-refractivity contribution in [3.05, 3.63) is 65.5 Å². The number of aryl methyl sites for hydroxylation is 2. The van der Waals surface area contributed by atoms with Gasteiger partial charge in [0.15, 0.2) is 0 Å². The molecule has 144 valence electrons. The number of nitrogens with zero attached hydrogens (tertiary/aromatic N) is 3. The quantitative estimate of drug-likeness (QED) is 0.627. The lowest BCUT2D eigenvalue weighted by molar-refractivity contribution is -0.523. The Morgan fingerprint density at radius 3 is 2.11 bits per heavy atom. The summed E-state index contributed by atoms with van der Waals surface area (Å²) in [5, 5.41) is 0.